The average molecular weight is 1070 g/mol. The van der Waals surface area contributed by atoms with Crippen LogP contribution >= 0.6 is 0 Å². The van der Waals surface area contributed by atoms with Gasteiger partial charge in [0, 0.05) is 36.2 Å². The predicted octanol–water partition coefficient (Wildman–Crippen LogP) is 17.8. The Kier molecular flexibility index (Phi) is 12.1. The van der Waals surface area contributed by atoms with Crippen LogP contribution in [0.1, 0.15) is 44.5 Å². The van der Waals surface area contributed by atoms with Crippen molar-refractivity contribution in [2.75, 3.05) is 14.7 Å². The minimum Gasteiger partial charge on any atom is -0.279 e. The maximum absolute atomic E-state index is 5.83. The molecule has 392 valence electrons. The molecular weight excluding hydrogens is 1010 g/mol. The maximum atomic E-state index is 5.83. The van der Waals surface area contributed by atoms with E-state index in [0.717, 1.165) is 101 Å². The third-order valence-electron chi connectivity index (χ3n) is 16.5. The SMILES string of the molecule is c1ccc(C2(c3ccccc3)c3ccccc3N(c3nc(N(c4ccc(-c5ccncc5)cc4)c4ccc(-c5ccncc5)cc4)nc(N4c5ccccc5C(c5ccccc5)(c5ccccc5)c5ccccc54)n3)c3ccccc32)cc1. The van der Waals surface area contributed by atoms with Crippen LogP contribution in [-0.2, 0) is 10.8 Å². The number of para-hydroxylation sites is 4. The second-order valence-corrected chi connectivity index (χ2v) is 20.8. The average Bonchev–Trinajstić information content (AvgIpc) is 2.87. The van der Waals surface area contributed by atoms with Gasteiger partial charge >= 0.3 is 0 Å². The molecule has 8 nitrogen and oxygen atoms in total. The molecule has 5 heterocycles. The highest BCUT2D eigenvalue weighted by molar-refractivity contribution is 5.91. The fourth-order valence-corrected chi connectivity index (χ4v) is 13.0. The van der Waals surface area contributed by atoms with Crippen LogP contribution in [0.4, 0.5) is 52.0 Å². The summed E-state index contributed by atoms with van der Waals surface area (Å²) in [5.41, 5.74) is 17.3. The van der Waals surface area contributed by atoms with E-state index in [4.69, 9.17) is 15.0 Å². The highest BCUT2D eigenvalue weighted by Crippen LogP contribution is 2.60. The van der Waals surface area contributed by atoms with Gasteiger partial charge in [-0.2, -0.15) is 15.0 Å². The van der Waals surface area contributed by atoms with Crippen LogP contribution in [0.2, 0.25) is 0 Å². The lowest BCUT2D eigenvalue weighted by molar-refractivity contribution is 0.725. The van der Waals surface area contributed by atoms with Crippen molar-refractivity contribution in [2.24, 2.45) is 0 Å². The number of pyridine rings is 2. The molecule has 15 rings (SSSR count). The summed E-state index contributed by atoms with van der Waals surface area (Å²) in [4.78, 5) is 32.7. The molecule has 0 fully saturated rings. The minimum absolute atomic E-state index is 0.425. The standard InChI is InChI=1S/C75H52N8/c1-5-21-57(22-6-1)74(58-23-7-2-8-24-58)63-29-13-17-33-67(63)82(68-34-18-14-30-64(68)74)72-78-71(81(61-41-37-53(38-42-61)55-45-49-76-50-46-55)62-43-39-54(40-44-62)56-47-51-77-52-48-56)79-73(80-72)83-69-35-19-15-31-65(69)75(59-25-9-3-10-26-59,60-27-11-4-12-28-60)66-32-16-20-36-70(66)83/h1-52H. The largest absolute Gasteiger partial charge is 0.279 e. The van der Waals surface area contributed by atoms with E-state index in [2.05, 4.69) is 292 Å². The predicted molar refractivity (Wildman–Crippen MR) is 334 cm³/mol. The Morgan fingerprint density at radius 3 is 0.819 bits per heavy atom. The van der Waals surface area contributed by atoms with Crippen molar-refractivity contribution in [2.45, 2.75) is 10.8 Å². The van der Waals surface area contributed by atoms with Crippen molar-refractivity contribution in [1.29, 1.82) is 0 Å². The third-order valence-corrected chi connectivity index (χ3v) is 16.5. The summed E-state index contributed by atoms with van der Waals surface area (Å²) in [6.45, 7) is 0. The zero-order valence-corrected chi connectivity index (χ0v) is 45.1. The number of aromatic nitrogens is 5. The summed E-state index contributed by atoms with van der Waals surface area (Å²) in [5.74, 6) is 1.32. The van der Waals surface area contributed by atoms with E-state index in [0.29, 0.717) is 17.8 Å². The molecule has 0 atom stereocenters. The van der Waals surface area contributed by atoms with Crippen molar-refractivity contribution in [3.05, 3.63) is 360 Å². The molecule has 13 aromatic rings. The Morgan fingerprint density at radius 1 is 0.253 bits per heavy atom. The molecule has 2 aliphatic heterocycles. The number of anilines is 9. The Bertz CT molecular complexity index is 3970. The number of hydrogen-bond donors (Lipinski definition) is 0. The lowest BCUT2D eigenvalue weighted by Gasteiger charge is -2.46. The van der Waals surface area contributed by atoms with Crippen LogP contribution in [0.15, 0.2) is 316 Å². The molecule has 0 radical (unpaired) electrons. The van der Waals surface area contributed by atoms with E-state index in [9.17, 15) is 0 Å². The Hall–Kier alpha value is -11.1. The second kappa shape index (κ2) is 20.5. The first-order valence-electron chi connectivity index (χ1n) is 28.0. The number of nitrogens with zero attached hydrogens (tertiary/aromatic N) is 8. The highest BCUT2D eigenvalue weighted by atomic mass is 15.4. The van der Waals surface area contributed by atoms with Crippen LogP contribution in [0, 0.1) is 0 Å². The van der Waals surface area contributed by atoms with Gasteiger partial charge < -0.3 is 0 Å². The van der Waals surface area contributed by atoms with Crippen molar-refractivity contribution >= 4 is 52.0 Å². The van der Waals surface area contributed by atoms with Gasteiger partial charge in [0.15, 0.2) is 0 Å². The van der Waals surface area contributed by atoms with Gasteiger partial charge in [-0.25, -0.2) is 0 Å². The zero-order chi connectivity index (χ0) is 55.2. The van der Waals surface area contributed by atoms with Crippen molar-refractivity contribution in [1.82, 2.24) is 24.9 Å². The molecular formula is C75H52N8. The Morgan fingerprint density at radius 2 is 0.518 bits per heavy atom. The van der Waals surface area contributed by atoms with Gasteiger partial charge in [-0.15, -0.1) is 0 Å². The molecule has 83 heavy (non-hydrogen) atoms. The third kappa shape index (κ3) is 8.02. The summed E-state index contributed by atoms with van der Waals surface area (Å²) in [6, 6.07) is 104. The molecule has 0 saturated carbocycles. The fourth-order valence-electron chi connectivity index (χ4n) is 13.0. The van der Waals surface area contributed by atoms with Crippen LogP contribution in [0.3, 0.4) is 0 Å². The lowest BCUT2D eigenvalue weighted by atomic mass is 9.62. The quantitative estimate of drug-likeness (QED) is 0.127. The number of fused-ring (bicyclic) bond motifs is 4. The summed E-state index contributed by atoms with van der Waals surface area (Å²) in [7, 11) is 0. The Labute approximate surface area is 482 Å². The van der Waals surface area contributed by atoms with Crippen LogP contribution < -0.4 is 14.7 Å². The number of hydrogen-bond acceptors (Lipinski definition) is 8. The van der Waals surface area contributed by atoms with E-state index in [1.807, 2.05) is 49.1 Å². The van der Waals surface area contributed by atoms with Crippen LogP contribution in [0.5, 0.6) is 0 Å². The van der Waals surface area contributed by atoms with Crippen molar-refractivity contribution in [3.8, 4) is 22.3 Å². The lowest BCUT2D eigenvalue weighted by Crippen LogP contribution is -2.39. The second-order valence-electron chi connectivity index (χ2n) is 20.8. The van der Waals surface area contributed by atoms with E-state index in [1.165, 1.54) is 0 Å². The monoisotopic (exact) mass is 1060 g/mol. The maximum Gasteiger partial charge on any atom is 0.241 e. The zero-order valence-electron chi connectivity index (χ0n) is 45.1. The summed E-state index contributed by atoms with van der Waals surface area (Å²) in [6.07, 6.45) is 7.31. The van der Waals surface area contributed by atoms with Gasteiger partial charge in [0.05, 0.1) is 33.6 Å². The first-order chi connectivity index (χ1) is 41.2. The van der Waals surface area contributed by atoms with E-state index in [-0.39, 0.29) is 0 Å². The molecule has 0 saturated heterocycles. The van der Waals surface area contributed by atoms with E-state index < -0.39 is 10.8 Å². The summed E-state index contributed by atoms with van der Waals surface area (Å²) >= 11 is 0. The van der Waals surface area contributed by atoms with E-state index in [1.54, 1.807) is 0 Å². The fraction of sp³-hybridized carbons (Fsp3) is 0.0267. The smallest absolute Gasteiger partial charge is 0.241 e. The van der Waals surface area contributed by atoms with Gasteiger partial charge in [-0.3, -0.25) is 24.7 Å². The molecule has 3 aromatic heterocycles. The normalized spacial score (nSPS) is 13.4. The van der Waals surface area contributed by atoms with Crippen molar-refractivity contribution < 1.29 is 0 Å². The first kappa shape index (κ1) is 49.0. The molecule has 0 bridgehead atoms. The van der Waals surface area contributed by atoms with Gasteiger partial charge in [0.1, 0.15) is 0 Å². The van der Waals surface area contributed by atoms with Gasteiger partial charge in [0.25, 0.3) is 0 Å². The molecule has 0 N–H and O–H groups in total. The summed E-state index contributed by atoms with van der Waals surface area (Å²) in [5, 5.41) is 0. The van der Waals surface area contributed by atoms with Gasteiger partial charge in [-0.1, -0.05) is 218 Å². The molecule has 0 unspecified atom stereocenters. The molecule has 0 spiro atoms. The summed E-state index contributed by atoms with van der Waals surface area (Å²) < 4.78 is 0. The van der Waals surface area contributed by atoms with Gasteiger partial charge in [-0.05, 0) is 140 Å². The molecule has 8 heteroatoms. The van der Waals surface area contributed by atoms with Gasteiger partial charge in [0.2, 0.25) is 17.8 Å². The molecule has 0 aliphatic carbocycles. The first-order valence-corrected chi connectivity index (χ1v) is 28.0. The number of rotatable bonds is 11. The molecule has 2 aliphatic rings. The Balaban J connectivity index is 1.02. The molecule has 0 amide bonds. The van der Waals surface area contributed by atoms with Crippen LogP contribution in [0.25, 0.3) is 22.3 Å². The van der Waals surface area contributed by atoms with Crippen LogP contribution in [-0.4, -0.2) is 24.9 Å². The topological polar surface area (TPSA) is 74.2 Å². The number of benzene rings is 10. The minimum atomic E-state index is -0.715. The van der Waals surface area contributed by atoms with E-state index >= 15 is 0 Å². The van der Waals surface area contributed by atoms with Crippen molar-refractivity contribution in [3.63, 3.8) is 0 Å². The highest BCUT2D eigenvalue weighted by Gasteiger charge is 2.49. The molecule has 10 aromatic carbocycles.